The molecule has 2 N–H and O–H groups in total. The number of hydrogen-bond donors (Lipinski definition) is 2. The molecule has 0 aliphatic heterocycles. The summed E-state index contributed by atoms with van der Waals surface area (Å²) in [5.41, 5.74) is 0.997. The van der Waals surface area contributed by atoms with Gasteiger partial charge in [0.25, 0.3) is 0 Å². The first kappa shape index (κ1) is 15.9. The van der Waals surface area contributed by atoms with Gasteiger partial charge < -0.3 is 10.6 Å². The summed E-state index contributed by atoms with van der Waals surface area (Å²) in [6, 6.07) is 0. The maximum Gasteiger partial charge on any atom is 0.134 e. The molecule has 0 bridgehead atoms. The second kappa shape index (κ2) is 7.43. The van der Waals surface area contributed by atoms with Crippen molar-refractivity contribution in [1.29, 1.82) is 0 Å². The van der Waals surface area contributed by atoms with Gasteiger partial charge >= 0.3 is 0 Å². The average molecular weight is 284 g/mol. The Morgan fingerprint density at radius 1 is 1.32 bits per heavy atom. The lowest BCUT2D eigenvalue weighted by Crippen LogP contribution is -2.22. The quantitative estimate of drug-likeness (QED) is 0.801. The van der Waals surface area contributed by atoms with Gasteiger partial charge in [0.15, 0.2) is 0 Å². The predicted molar refractivity (Wildman–Crippen MR) is 82.3 cm³/mol. The van der Waals surface area contributed by atoms with Crippen molar-refractivity contribution >= 4 is 22.4 Å². The van der Waals surface area contributed by atoms with Crippen molar-refractivity contribution in [2.45, 2.75) is 38.9 Å². The van der Waals surface area contributed by atoms with Gasteiger partial charge in [0.05, 0.1) is 0 Å². The lowest BCUT2D eigenvalue weighted by molar-refractivity contribution is 0.678. The van der Waals surface area contributed by atoms with Gasteiger partial charge in [0.1, 0.15) is 17.5 Å². The van der Waals surface area contributed by atoms with Gasteiger partial charge in [-0.3, -0.25) is 4.21 Å². The van der Waals surface area contributed by atoms with E-state index in [1.165, 1.54) is 0 Å². The molecule has 0 aliphatic rings. The third-order valence-corrected chi connectivity index (χ3v) is 4.33. The van der Waals surface area contributed by atoms with E-state index in [4.69, 9.17) is 0 Å². The van der Waals surface area contributed by atoms with Crippen LogP contribution in [0.4, 0.5) is 11.6 Å². The summed E-state index contributed by atoms with van der Waals surface area (Å²) >= 11 is 0. The van der Waals surface area contributed by atoms with Crippen LogP contribution in [0, 0.1) is 6.92 Å². The molecule has 2 atom stereocenters. The minimum Gasteiger partial charge on any atom is -0.373 e. The Labute approximate surface area is 118 Å². The lowest BCUT2D eigenvalue weighted by Gasteiger charge is -2.15. The average Bonchev–Trinajstić information content (AvgIpc) is 2.38. The highest BCUT2D eigenvalue weighted by atomic mass is 32.2. The van der Waals surface area contributed by atoms with Crippen LogP contribution >= 0.6 is 0 Å². The summed E-state index contributed by atoms with van der Waals surface area (Å²) in [5.74, 6) is 2.52. The number of aromatic nitrogens is 2. The summed E-state index contributed by atoms with van der Waals surface area (Å²) in [6.07, 6.45) is 3.60. The van der Waals surface area contributed by atoms with Gasteiger partial charge in [-0.25, -0.2) is 9.97 Å². The van der Waals surface area contributed by atoms with Gasteiger partial charge in [-0.05, 0) is 20.3 Å². The molecule has 5 nitrogen and oxygen atoms in total. The van der Waals surface area contributed by atoms with Crippen LogP contribution in [-0.2, 0) is 17.2 Å². The largest absolute Gasteiger partial charge is 0.373 e. The Kier molecular flexibility index (Phi) is 6.21. The molecule has 6 heteroatoms. The lowest BCUT2D eigenvalue weighted by atomic mass is 10.2. The van der Waals surface area contributed by atoms with E-state index >= 15 is 0 Å². The van der Waals surface area contributed by atoms with E-state index in [1.807, 2.05) is 20.9 Å². The van der Waals surface area contributed by atoms with E-state index in [1.54, 1.807) is 6.26 Å². The molecule has 0 radical (unpaired) electrons. The maximum atomic E-state index is 11.4. The van der Waals surface area contributed by atoms with Crippen molar-refractivity contribution in [3.05, 3.63) is 11.4 Å². The minimum absolute atomic E-state index is 0.0991. The zero-order valence-corrected chi connectivity index (χ0v) is 13.2. The van der Waals surface area contributed by atoms with Crippen molar-refractivity contribution < 1.29 is 4.21 Å². The van der Waals surface area contributed by atoms with E-state index in [0.717, 1.165) is 35.9 Å². The second-order valence-corrected chi connectivity index (χ2v) is 6.45. The van der Waals surface area contributed by atoms with Crippen LogP contribution in [0.5, 0.6) is 0 Å². The Bertz CT molecular complexity index is 451. The summed E-state index contributed by atoms with van der Waals surface area (Å²) in [4.78, 5) is 9.02. The normalized spacial score (nSPS) is 13.9. The molecule has 1 aromatic rings. The molecule has 0 spiro atoms. The molecular weight excluding hydrogens is 260 g/mol. The fraction of sp³-hybridized carbons (Fsp3) is 0.692. The van der Waals surface area contributed by atoms with Gasteiger partial charge in [0, 0.05) is 47.9 Å². The SMILES string of the molecule is CCCc1nc(NC)c(C)c(NCC(C)S(C)=O)n1. The molecule has 0 fully saturated rings. The molecule has 0 saturated carbocycles. The van der Waals surface area contributed by atoms with E-state index in [-0.39, 0.29) is 5.25 Å². The molecule has 1 rings (SSSR count). The summed E-state index contributed by atoms with van der Waals surface area (Å²) in [7, 11) is 1.03. The van der Waals surface area contributed by atoms with Crippen molar-refractivity contribution in [3.63, 3.8) is 0 Å². The highest BCUT2D eigenvalue weighted by Crippen LogP contribution is 2.20. The highest BCUT2D eigenvalue weighted by Gasteiger charge is 2.12. The van der Waals surface area contributed by atoms with Crippen LogP contribution < -0.4 is 10.6 Å². The summed E-state index contributed by atoms with van der Waals surface area (Å²) < 4.78 is 11.4. The first-order valence-electron chi connectivity index (χ1n) is 6.60. The molecule has 2 unspecified atom stereocenters. The first-order chi connectivity index (χ1) is 8.99. The number of rotatable bonds is 7. The van der Waals surface area contributed by atoms with E-state index in [0.29, 0.717) is 6.54 Å². The van der Waals surface area contributed by atoms with Crippen LogP contribution in [0.25, 0.3) is 0 Å². The number of anilines is 2. The van der Waals surface area contributed by atoms with E-state index < -0.39 is 10.8 Å². The third-order valence-electron chi connectivity index (χ3n) is 3.03. The molecule has 0 amide bonds. The van der Waals surface area contributed by atoms with Crippen LogP contribution in [0.1, 0.15) is 31.7 Å². The fourth-order valence-corrected chi connectivity index (χ4v) is 1.99. The second-order valence-electron chi connectivity index (χ2n) is 4.65. The van der Waals surface area contributed by atoms with Gasteiger partial charge in [-0.2, -0.15) is 0 Å². The molecule has 1 aromatic heterocycles. The van der Waals surface area contributed by atoms with Crippen LogP contribution in [0.3, 0.4) is 0 Å². The van der Waals surface area contributed by atoms with Crippen molar-refractivity contribution in [3.8, 4) is 0 Å². The zero-order valence-electron chi connectivity index (χ0n) is 12.4. The van der Waals surface area contributed by atoms with Crippen molar-refractivity contribution in [2.24, 2.45) is 0 Å². The van der Waals surface area contributed by atoms with Gasteiger partial charge in [-0.1, -0.05) is 6.92 Å². The molecule has 1 heterocycles. The predicted octanol–water partition coefficient (Wildman–Crippen LogP) is 1.96. The Balaban J connectivity index is 2.91. The van der Waals surface area contributed by atoms with Gasteiger partial charge in [0.2, 0.25) is 0 Å². The number of nitrogens with zero attached hydrogens (tertiary/aromatic N) is 2. The van der Waals surface area contributed by atoms with Gasteiger partial charge in [-0.15, -0.1) is 0 Å². The fourth-order valence-electron chi connectivity index (χ4n) is 1.67. The smallest absolute Gasteiger partial charge is 0.134 e. The Morgan fingerprint density at radius 2 is 1.95 bits per heavy atom. The topological polar surface area (TPSA) is 66.9 Å². The van der Waals surface area contributed by atoms with E-state index in [9.17, 15) is 4.21 Å². The highest BCUT2D eigenvalue weighted by molar-refractivity contribution is 7.84. The number of aryl methyl sites for hydroxylation is 1. The molecule has 0 saturated heterocycles. The molecule has 108 valence electrons. The minimum atomic E-state index is -0.828. The first-order valence-corrected chi connectivity index (χ1v) is 8.23. The van der Waals surface area contributed by atoms with Crippen molar-refractivity contribution in [2.75, 3.05) is 30.5 Å². The van der Waals surface area contributed by atoms with Crippen LogP contribution in [0.15, 0.2) is 0 Å². The standard InChI is InChI=1S/C13H24N4OS/c1-6-7-11-16-12(14-4)10(3)13(17-11)15-8-9(2)19(5)18/h9H,6-8H2,1-5H3,(H2,14,15,16,17). The summed E-state index contributed by atoms with van der Waals surface area (Å²) in [6.45, 7) is 6.70. The summed E-state index contributed by atoms with van der Waals surface area (Å²) in [5, 5.41) is 6.48. The number of hydrogen-bond acceptors (Lipinski definition) is 5. The van der Waals surface area contributed by atoms with E-state index in [2.05, 4.69) is 27.5 Å². The molecule has 19 heavy (non-hydrogen) atoms. The molecule has 0 aromatic carbocycles. The third kappa shape index (κ3) is 4.45. The molecular formula is C13H24N4OS. The van der Waals surface area contributed by atoms with Crippen LogP contribution in [-0.4, -0.2) is 39.3 Å². The van der Waals surface area contributed by atoms with Crippen LogP contribution in [0.2, 0.25) is 0 Å². The number of nitrogens with one attached hydrogen (secondary N) is 2. The maximum absolute atomic E-state index is 11.4. The molecule has 0 aliphatic carbocycles. The zero-order chi connectivity index (χ0) is 14.4. The Morgan fingerprint density at radius 3 is 2.47 bits per heavy atom. The Hall–Kier alpha value is -1.17. The van der Waals surface area contributed by atoms with Crippen molar-refractivity contribution in [1.82, 2.24) is 9.97 Å². The monoisotopic (exact) mass is 284 g/mol.